The molecule has 348 valence electrons. The molecule has 62 heavy (non-hydrogen) atoms. The molecule has 0 heterocycles. The van der Waals surface area contributed by atoms with Crippen molar-refractivity contribution < 1.29 is 28.6 Å². The topological polar surface area (TPSA) is 78.9 Å². The van der Waals surface area contributed by atoms with Crippen LogP contribution in [0, 0.1) is 0 Å². The Morgan fingerprint density at radius 3 is 1.10 bits per heavy atom. The van der Waals surface area contributed by atoms with Crippen molar-refractivity contribution >= 4 is 17.9 Å². The Morgan fingerprint density at radius 2 is 0.661 bits per heavy atom. The summed E-state index contributed by atoms with van der Waals surface area (Å²) in [6.45, 7) is 6.18. The highest BCUT2D eigenvalue weighted by Gasteiger charge is 2.19. The van der Waals surface area contributed by atoms with Crippen molar-refractivity contribution in [3.8, 4) is 0 Å². The number of hydrogen-bond acceptors (Lipinski definition) is 6. The number of unbranched alkanes of at least 4 members (excludes halogenated alkanes) is 15. The van der Waals surface area contributed by atoms with Gasteiger partial charge in [-0.1, -0.05) is 200 Å². The van der Waals surface area contributed by atoms with E-state index < -0.39 is 6.10 Å². The van der Waals surface area contributed by atoms with Crippen LogP contribution in [0.1, 0.15) is 194 Å². The van der Waals surface area contributed by atoms with E-state index in [-0.39, 0.29) is 31.1 Å². The first-order valence-electron chi connectivity index (χ1n) is 24.6. The van der Waals surface area contributed by atoms with E-state index in [1.165, 1.54) is 19.3 Å². The molecule has 0 spiro atoms. The molecule has 0 saturated carbocycles. The molecule has 1 unspecified atom stereocenters. The fourth-order valence-corrected chi connectivity index (χ4v) is 6.20. The van der Waals surface area contributed by atoms with Gasteiger partial charge in [0.1, 0.15) is 13.2 Å². The molecule has 0 radical (unpaired) electrons. The highest BCUT2D eigenvalue weighted by atomic mass is 16.6. The van der Waals surface area contributed by atoms with Crippen molar-refractivity contribution in [2.75, 3.05) is 13.2 Å². The van der Waals surface area contributed by atoms with Gasteiger partial charge in [0.15, 0.2) is 6.10 Å². The number of esters is 3. The summed E-state index contributed by atoms with van der Waals surface area (Å²) in [5, 5.41) is 0. The van der Waals surface area contributed by atoms with Gasteiger partial charge in [0.2, 0.25) is 0 Å². The van der Waals surface area contributed by atoms with Crippen LogP contribution in [0.3, 0.4) is 0 Å². The smallest absolute Gasteiger partial charge is 0.306 e. The standard InChI is InChI=1S/C56H88O6/c1-4-7-10-13-16-19-22-25-27-29-31-34-37-40-43-46-49-55(58)61-52-53(51-60-54(57)48-45-42-39-36-33-30-24-21-18-15-12-9-6-3)62-56(59)50-47-44-41-38-35-32-28-26-23-20-17-14-11-8-5-2/h7-12,14-21,23-25,27,31,34,53H,4-6,13,22,26,28-30,32-33,35-52H2,1-3H3/b10-7-,11-8-,12-9-,17-14-,18-15-,19-16-,23-20-,24-21-,27-25-,34-31-. The first-order valence-corrected chi connectivity index (χ1v) is 24.6. The first-order chi connectivity index (χ1) is 30.5. The van der Waals surface area contributed by atoms with E-state index in [1.807, 2.05) is 6.08 Å². The minimum atomic E-state index is -0.809. The van der Waals surface area contributed by atoms with Crippen LogP contribution in [0.25, 0.3) is 0 Å². The van der Waals surface area contributed by atoms with Crippen LogP contribution in [-0.4, -0.2) is 37.2 Å². The molecule has 0 rings (SSSR count). The van der Waals surface area contributed by atoms with Gasteiger partial charge in [0.25, 0.3) is 0 Å². The predicted octanol–water partition coefficient (Wildman–Crippen LogP) is 16.1. The number of ether oxygens (including phenoxy) is 3. The van der Waals surface area contributed by atoms with Crippen LogP contribution in [0.2, 0.25) is 0 Å². The van der Waals surface area contributed by atoms with Crippen molar-refractivity contribution in [1.29, 1.82) is 0 Å². The molecule has 0 aromatic rings. The second-order valence-electron chi connectivity index (χ2n) is 15.7. The maximum atomic E-state index is 12.8. The van der Waals surface area contributed by atoms with Crippen LogP contribution >= 0.6 is 0 Å². The van der Waals surface area contributed by atoms with E-state index in [2.05, 4.69) is 136 Å². The Labute approximate surface area is 380 Å². The van der Waals surface area contributed by atoms with E-state index in [9.17, 15) is 14.4 Å². The minimum absolute atomic E-state index is 0.108. The average molecular weight is 857 g/mol. The highest BCUT2D eigenvalue weighted by Crippen LogP contribution is 2.13. The molecule has 1 atom stereocenters. The molecule has 0 amide bonds. The number of hydrogen-bond donors (Lipinski definition) is 0. The summed E-state index contributed by atoms with van der Waals surface area (Å²) in [5.41, 5.74) is 0. The summed E-state index contributed by atoms with van der Waals surface area (Å²) in [6.07, 6.45) is 67.5. The lowest BCUT2D eigenvalue weighted by molar-refractivity contribution is -0.167. The van der Waals surface area contributed by atoms with E-state index in [4.69, 9.17) is 14.2 Å². The van der Waals surface area contributed by atoms with Crippen molar-refractivity contribution in [2.45, 2.75) is 200 Å². The normalized spacial score (nSPS) is 13.1. The van der Waals surface area contributed by atoms with Crippen LogP contribution in [-0.2, 0) is 28.6 Å². The molecule has 0 aliphatic heterocycles. The molecule has 0 bridgehead atoms. The largest absolute Gasteiger partial charge is 0.462 e. The van der Waals surface area contributed by atoms with Gasteiger partial charge in [-0.3, -0.25) is 14.4 Å². The fraction of sp³-hybridized carbons (Fsp3) is 0.589. The molecule has 0 aromatic carbocycles. The Kier molecular flexibility index (Phi) is 46.1. The number of allylic oxidation sites excluding steroid dienone is 20. The summed E-state index contributed by atoms with van der Waals surface area (Å²) in [7, 11) is 0. The molecule has 0 saturated heterocycles. The van der Waals surface area contributed by atoms with Crippen molar-refractivity contribution in [3.05, 3.63) is 122 Å². The van der Waals surface area contributed by atoms with Crippen molar-refractivity contribution in [1.82, 2.24) is 0 Å². The van der Waals surface area contributed by atoms with Gasteiger partial charge >= 0.3 is 17.9 Å². The molecule has 0 aromatic heterocycles. The predicted molar refractivity (Wildman–Crippen MR) is 265 cm³/mol. The summed E-state index contributed by atoms with van der Waals surface area (Å²) in [5.74, 6) is -0.981. The first kappa shape index (κ1) is 57.8. The summed E-state index contributed by atoms with van der Waals surface area (Å²) < 4.78 is 16.7. The van der Waals surface area contributed by atoms with E-state index in [0.29, 0.717) is 19.3 Å². The zero-order valence-electron chi connectivity index (χ0n) is 39.6. The number of carbonyl (C=O) groups is 3. The lowest BCUT2D eigenvalue weighted by atomic mass is 10.1. The van der Waals surface area contributed by atoms with Gasteiger partial charge in [-0.15, -0.1) is 0 Å². The molecule has 0 fully saturated rings. The van der Waals surface area contributed by atoms with Gasteiger partial charge in [-0.25, -0.2) is 0 Å². The van der Waals surface area contributed by atoms with Crippen LogP contribution in [0.5, 0.6) is 0 Å². The van der Waals surface area contributed by atoms with Crippen LogP contribution in [0.15, 0.2) is 122 Å². The second-order valence-corrected chi connectivity index (χ2v) is 15.7. The Bertz CT molecular complexity index is 1350. The van der Waals surface area contributed by atoms with E-state index >= 15 is 0 Å². The van der Waals surface area contributed by atoms with Gasteiger partial charge in [0, 0.05) is 19.3 Å². The lowest BCUT2D eigenvalue weighted by Gasteiger charge is -2.18. The molecular weight excluding hydrogens is 769 g/mol. The van der Waals surface area contributed by atoms with Crippen molar-refractivity contribution in [3.63, 3.8) is 0 Å². The third-order valence-electron chi connectivity index (χ3n) is 9.81. The number of carbonyl (C=O) groups excluding carboxylic acids is 3. The van der Waals surface area contributed by atoms with Crippen LogP contribution in [0.4, 0.5) is 0 Å². The third-order valence-corrected chi connectivity index (χ3v) is 9.81. The van der Waals surface area contributed by atoms with Crippen molar-refractivity contribution in [2.24, 2.45) is 0 Å². The molecule has 0 aliphatic carbocycles. The maximum absolute atomic E-state index is 12.8. The SMILES string of the molecule is CC\C=C/C=C\C=C/CCCCCCCCCC(=O)OC(COC(=O)CCCCC/C=C\C/C=C\C/C=C\C/C=C\CC)COC(=O)CCCCCCC\C=C/C=C\C=C/CC. The summed E-state index contributed by atoms with van der Waals surface area (Å²) in [6, 6.07) is 0. The van der Waals surface area contributed by atoms with Gasteiger partial charge in [-0.05, 0) is 96.3 Å². The van der Waals surface area contributed by atoms with Gasteiger partial charge in [-0.2, -0.15) is 0 Å². The van der Waals surface area contributed by atoms with E-state index in [0.717, 1.165) is 135 Å². The summed E-state index contributed by atoms with van der Waals surface area (Å²) in [4.78, 5) is 37.9. The Balaban J connectivity index is 4.52. The zero-order valence-corrected chi connectivity index (χ0v) is 39.6. The molecule has 6 heteroatoms. The Hall–Kier alpha value is -4.19. The quantitative estimate of drug-likeness (QED) is 0.0200. The highest BCUT2D eigenvalue weighted by molar-refractivity contribution is 5.71. The second kappa shape index (κ2) is 49.5. The molecular formula is C56H88O6. The third kappa shape index (κ3) is 46.9. The maximum Gasteiger partial charge on any atom is 0.306 e. The van der Waals surface area contributed by atoms with Crippen LogP contribution < -0.4 is 0 Å². The minimum Gasteiger partial charge on any atom is -0.462 e. The molecule has 0 N–H and O–H groups in total. The average Bonchev–Trinajstić information content (AvgIpc) is 3.27. The number of rotatable bonds is 42. The lowest BCUT2D eigenvalue weighted by Crippen LogP contribution is -2.30. The Morgan fingerprint density at radius 1 is 0.339 bits per heavy atom. The zero-order chi connectivity index (χ0) is 45.1. The van der Waals surface area contributed by atoms with Gasteiger partial charge < -0.3 is 14.2 Å². The monoisotopic (exact) mass is 857 g/mol. The fourth-order valence-electron chi connectivity index (χ4n) is 6.20. The molecule has 0 aliphatic rings. The summed E-state index contributed by atoms with van der Waals surface area (Å²) >= 11 is 0. The molecule has 6 nitrogen and oxygen atoms in total. The van der Waals surface area contributed by atoms with Gasteiger partial charge in [0.05, 0.1) is 0 Å². The van der Waals surface area contributed by atoms with E-state index in [1.54, 1.807) is 0 Å².